The highest BCUT2D eigenvalue weighted by molar-refractivity contribution is 6.51. The van der Waals surface area contributed by atoms with Crippen LogP contribution < -0.4 is 9.64 Å². The van der Waals surface area contributed by atoms with Crippen molar-refractivity contribution in [2.45, 2.75) is 25.8 Å². The van der Waals surface area contributed by atoms with Crippen molar-refractivity contribution >= 4 is 28.8 Å². The number of carbonyl (C=O) groups excluding carboxylic acids is 2. The number of benzene rings is 3. The molecule has 10 heteroatoms. The average molecular weight is 514 g/mol. The Labute approximate surface area is 217 Å². The van der Waals surface area contributed by atoms with E-state index in [1.807, 2.05) is 19.9 Å². The van der Waals surface area contributed by atoms with Crippen molar-refractivity contribution in [3.05, 3.63) is 98.6 Å². The number of methoxy groups -OCH3 is 1. The number of hydrogen-bond donors (Lipinski definition) is 2. The number of anilines is 1. The third kappa shape index (κ3) is 4.41. The molecule has 3 aromatic rings. The van der Waals surface area contributed by atoms with Gasteiger partial charge in [-0.15, -0.1) is 0 Å². The van der Waals surface area contributed by atoms with Crippen LogP contribution in [-0.2, 0) is 9.59 Å². The minimum atomic E-state index is -1.26. The van der Waals surface area contributed by atoms with Crippen LogP contribution in [0.4, 0.5) is 11.4 Å². The highest BCUT2D eigenvalue weighted by atomic mass is 16.6. The molecule has 0 saturated carbocycles. The van der Waals surface area contributed by atoms with Crippen LogP contribution in [0, 0.1) is 21.4 Å². The Hall–Kier alpha value is -5.17. The smallest absolute Gasteiger partial charge is 0.311 e. The molecule has 0 aromatic heterocycles. The molecule has 1 amide bonds. The number of carbonyl (C=O) groups is 2. The summed E-state index contributed by atoms with van der Waals surface area (Å²) in [6, 6.07) is 14.9. The third-order valence-electron chi connectivity index (χ3n) is 6.36. The van der Waals surface area contributed by atoms with Gasteiger partial charge < -0.3 is 14.9 Å². The Morgan fingerprint density at radius 2 is 1.79 bits per heavy atom. The predicted octanol–water partition coefficient (Wildman–Crippen LogP) is 4.93. The van der Waals surface area contributed by atoms with Crippen molar-refractivity contribution in [1.82, 2.24) is 0 Å². The molecule has 1 aliphatic heterocycles. The summed E-state index contributed by atoms with van der Waals surface area (Å²) in [5, 5.41) is 42.1. The minimum Gasteiger partial charge on any atom is -0.507 e. The van der Waals surface area contributed by atoms with Gasteiger partial charge in [0.15, 0.2) is 5.75 Å². The van der Waals surface area contributed by atoms with Crippen LogP contribution in [0.15, 0.2) is 66.2 Å². The summed E-state index contributed by atoms with van der Waals surface area (Å²) < 4.78 is 5.40. The van der Waals surface area contributed by atoms with Gasteiger partial charge in [0, 0.05) is 17.3 Å². The molecule has 3 aromatic carbocycles. The fraction of sp³-hybridized carbons (Fsp3) is 0.179. The largest absolute Gasteiger partial charge is 0.507 e. The molecule has 0 bridgehead atoms. The van der Waals surface area contributed by atoms with E-state index >= 15 is 0 Å². The molecule has 0 spiro atoms. The van der Waals surface area contributed by atoms with E-state index in [1.54, 1.807) is 18.2 Å². The van der Waals surface area contributed by atoms with Crippen molar-refractivity contribution in [2.24, 2.45) is 0 Å². The second-order valence-corrected chi connectivity index (χ2v) is 8.94. The lowest BCUT2D eigenvalue weighted by Crippen LogP contribution is -2.29. The molecule has 1 fully saturated rings. The molecule has 4 rings (SSSR count). The standard InChI is InChI=1S/C28H23N3O7/c1-15(2)20-12-18(7-11-23(20)38-3)26(33)24-25(17-6-10-22(32)21(13-17)31(36)37)30(28(35)27(24)34)19-8-4-16(14-29)5-9-19/h4-13,15,25,32-33H,1-3H3/b26-24-. The molecular formula is C28H23N3O7. The second-order valence-electron chi connectivity index (χ2n) is 8.94. The summed E-state index contributed by atoms with van der Waals surface area (Å²) in [4.78, 5) is 38.5. The zero-order chi connectivity index (χ0) is 27.7. The Morgan fingerprint density at radius 1 is 1.11 bits per heavy atom. The molecule has 0 radical (unpaired) electrons. The van der Waals surface area contributed by atoms with E-state index in [0.717, 1.165) is 22.6 Å². The maximum absolute atomic E-state index is 13.4. The highest BCUT2D eigenvalue weighted by Gasteiger charge is 2.47. The first-order valence-corrected chi connectivity index (χ1v) is 11.6. The van der Waals surface area contributed by atoms with Crippen molar-refractivity contribution < 1.29 is 29.5 Å². The van der Waals surface area contributed by atoms with Crippen molar-refractivity contribution in [1.29, 1.82) is 5.26 Å². The van der Waals surface area contributed by atoms with Gasteiger partial charge in [-0.3, -0.25) is 24.6 Å². The van der Waals surface area contributed by atoms with Crippen LogP contribution in [0.3, 0.4) is 0 Å². The maximum Gasteiger partial charge on any atom is 0.311 e. The summed E-state index contributed by atoms with van der Waals surface area (Å²) in [6.45, 7) is 3.86. The number of ether oxygens (including phenoxy) is 1. The molecule has 1 aliphatic rings. The number of aromatic hydroxyl groups is 1. The van der Waals surface area contributed by atoms with E-state index in [4.69, 9.17) is 10.00 Å². The monoisotopic (exact) mass is 513 g/mol. The van der Waals surface area contributed by atoms with E-state index in [1.165, 1.54) is 37.4 Å². The van der Waals surface area contributed by atoms with Gasteiger partial charge in [-0.2, -0.15) is 5.26 Å². The first-order chi connectivity index (χ1) is 18.1. The number of amides is 1. The highest BCUT2D eigenvalue weighted by Crippen LogP contribution is 2.44. The van der Waals surface area contributed by atoms with Gasteiger partial charge >= 0.3 is 5.69 Å². The Balaban J connectivity index is 1.99. The van der Waals surface area contributed by atoms with Gasteiger partial charge in [-0.05, 0) is 65.6 Å². The Morgan fingerprint density at radius 3 is 2.37 bits per heavy atom. The van der Waals surface area contributed by atoms with Crippen LogP contribution in [0.5, 0.6) is 11.5 Å². The van der Waals surface area contributed by atoms with Crippen LogP contribution in [0.25, 0.3) is 5.76 Å². The average Bonchev–Trinajstić information content (AvgIpc) is 3.18. The quantitative estimate of drug-likeness (QED) is 0.155. The van der Waals surface area contributed by atoms with Crippen LogP contribution in [0.2, 0.25) is 0 Å². The van der Waals surface area contributed by atoms with E-state index in [2.05, 4.69) is 0 Å². The lowest BCUT2D eigenvalue weighted by molar-refractivity contribution is -0.385. The van der Waals surface area contributed by atoms with Gasteiger partial charge in [0.2, 0.25) is 0 Å². The maximum atomic E-state index is 13.4. The fourth-order valence-electron chi connectivity index (χ4n) is 4.46. The number of nitro groups is 1. The second kappa shape index (κ2) is 10.1. The fourth-order valence-corrected chi connectivity index (χ4v) is 4.46. The Bertz CT molecular complexity index is 1530. The lowest BCUT2D eigenvalue weighted by atomic mass is 9.92. The first kappa shape index (κ1) is 25.9. The number of aliphatic hydroxyl groups excluding tert-OH is 1. The predicted molar refractivity (Wildman–Crippen MR) is 138 cm³/mol. The SMILES string of the molecule is COc1ccc(/C(O)=C2/C(=O)C(=O)N(c3ccc(C#N)cc3)C2c2ccc(O)c([N+](=O)[O-])c2)cc1C(C)C. The number of phenolic OH excluding ortho intramolecular Hbond substituents is 1. The van der Waals surface area contributed by atoms with Crippen LogP contribution >= 0.6 is 0 Å². The summed E-state index contributed by atoms with van der Waals surface area (Å²) in [6.07, 6.45) is 0. The molecule has 0 aliphatic carbocycles. The number of Topliss-reactive ketones (excluding diaryl/α,β-unsaturated/α-hetero) is 1. The normalized spacial score (nSPS) is 16.5. The zero-order valence-electron chi connectivity index (χ0n) is 20.7. The van der Waals surface area contributed by atoms with Gasteiger partial charge in [-0.25, -0.2) is 0 Å². The van der Waals surface area contributed by atoms with Gasteiger partial charge in [0.05, 0.1) is 35.3 Å². The first-order valence-electron chi connectivity index (χ1n) is 11.6. The van der Waals surface area contributed by atoms with Crippen molar-refractivity contribution in [2.75, 3.05) is 12.0 Å². The van der Waals surface area contributed by atoms with E-state index in [0.29, 0.717) is 11.3 Å². The van der Waals surface area contributed by atoms with E-state index < -0.39 is 39.9 Å². The van der Waals surface area contributed by atoms with Crippen molar-refractivity contribution in [3.8, 4) is 17.6 Å². The molecule has 38 heavy (non-hydrogen) atoms. The molecule has 192 valence electrons. The van der Waals surface area contributed by atoms with E-state index in [-0.39, 0.29) is 28.3 Å². The molecule has 1 unspecified atom stereocenters. The van der Waals surface area contributed by atoms with Gasteiger partial charge in [-0.1, -0.05) is 19.9 Å². The number of hydrogen-bond acceptors (Lipinski definition) is 8. The number of rotatable bonds is 6. The van der Waals surface area contributed by atoms with E-state index in [9.17, 15) is 29.9 Å². The van der Waals surface area contributed by atoms with Gasteiger partial charge in [0.1, 0.15) is 11.5 Å². The molecule has 1 atom stereocenters. The zero-order valence-corrected chi connectivity index (χ0v) is 20.7. The van der Waals surface area contributed by atoms with Crippen molar-refractivity contribution in [3.63, 3.8) is 0 Å². The van der Waals surface area contributed by atoms with Crippen LogP contribution in [0.1, 0.15) is 48.1 Å². The number of nitrogens with zero attached hydrogens (tertiary/aromatic N) is 3. The number of ketones is 1. The third-order valence-corrected chi connectivity index (χ3v) is 6.36. The number of nitriles is 1. The summed E-state index contributed by atoms with van der Waals surface area (Å²) >= 11 is 0. The molecule has 2 N–H and O–H groups in total. The molecule has 1 heterocycles. The minimum absolute atomic E-state index is 0.00861. The topological polar surface area (TPSA) is 154 Å². The number of nitro benzene ring substituents is 1. The summed E-state index contributed by atoms with van der Waals surface area (Å²) in [7, 11) is 1.52. The number of phenols is 1. The number of aliphatic hydroxyl groups is 1. The van der Waals surface area contributed by atoms with Gasteiger partial charge in [0.25, 0.3) is 11.7 Å². The molecule has 10 nitrogen and oxygen atoms in total. The Kier molecular flexibility index (Phi) is 6.86. The summed E-state index contributed by atoms with van der Waals surface area (Å²) in [5.74, 6) is -2.42. The van der Waals surface area contributed by atoms with Crippen LogP contribution in [-0.4, -0.2) is 33.9 Å². The molecular weight excluding hydrogens is 490 g/mol. The molecule has 1 saturated heterocycles. The summed E-state index contributed by atoms with van der Waals surface area (Å²) in [5.41, 5.74) is 0.793. The lowest BCUT2D eigenvalue weighted by Gasteiger charge is -2.25.